The highest BCUT2D eigenvalue weighted by atomic mass is 16.4. The van der Waals surface area contributed by atoms with Crippen molar-refractivity contribution in [2.45, 2.75) is 51.0 Å². The number of carboxylic acid groups (broad SMARTS) is 1. The van der Waals surface area contributed by atoms with E-state index in [1.807, 2.05) is 12.1 Å². The zero-order valence-corrected chi connectivity index (χ0v) is 13.1. The Hall–Kier alpha value is -1.84. The lowest BCUT2D eigenvalue weighted by atomic mass is 9.86. The number of nitrogens with one attached hydrogen (secondary N) is 1. The van der Waals surface area contributed by atoms with E-state index < -0.39 is 5.97 Å². The molecular formula is C18H23NO3. The van der Waals surface area contributed by atoms with Gasteiger partial charge in [0.1, 0.15) is 0 Å². The highest BCUT2D eigenvalue weighted by Crippen LogP contribution is 2.44. The van der Waals surface area contributed by atoms with Crippen molar-refractivity contribution < 1.29 is 14.7 Å². The maximum atomic E-state index is 12.5. The minimum Gasteiger partial charge on any atom is -0.481 e. The third-order valence-corrected chi connectivity index (χ3v) is 5.25. The van der Waals surface area contributed by atoms with Crippen molar-refractivity contribution in [3.63, 3.8) is 0 Å². The third kappa shape index (κ3) is 2.62. The van der Waals surface area contributed by atoms with Gasteiger partial charge in [0.2, 0.25) is 5.91 Å². The Kier molecular flexibility index (Phi) is 3.71. The van der Waals surface area contributed by atoms with Crippen molar-refractivity contribution in [1.82, 2.24) is 5.32 Å². The average Bonchev–Trinajstić information content (AvgIpc) is 3.04. The molecule has 0 saturated heterocycles. The lowest BCUT2D eigenvalue weighted by Gasteiger charge is -2.20. The van der Waals surface area contributed by atoms with E-state index in [4.69, 9.17) is 5.11 Å². The summed E-state index contributed by atoms with van der Waals surface area (Å²) in [5, 5.41) is 12.2. The van der Waals surface area contributed by atoms with Crippen LogP contribution in [0.5, 0.6) is 0 Å². The number of carbonyl (C=O) groups is 2. The number of amides is 1. The molecule has 0 bridgehead atoms. The molecule has 1 saturated carbocycles. The number of carboxylic acids is 1. The van der Waals surface area contributed by atoms with Crippen molar-refractivity contribution >= 4 is 11.9 Å². The summed E-state index contributed by atoms with van der Waals surface area (Å²) in [6.07, 6.45) is 2.66. The fourth-order valence-corrected chi connectivity index (χ4v) is 4.01. The summed E-state index contributed by atoms with van der Waals surface area (Å²) in [4.78, 5) is 23.5. The summed E-state index contributed by atoms with van der Waals surface area (Å²) in [7, 11) is 0. The van der Waals surface area contributed by atoms with Crippen LogP contribution in [0, 0.1) is 11.8 Å². The maximum Gasteiger partial charge on any atom is 0.306 e. The fraction of sp³-hybridized carbons (Fsp3) is 0.556. The predicted molar refractivity (Wildman–Crippen MR) is 83.4 cm³/mol. The molecule has 22 heavy (non-hydrogen) atoms. The molecule has 1 aromatic rings. The van der Waals surface area contributed by atoms with Crippen LogP contribution >= 0.6 is 0 Å². The highest BCUT2D eigenvalue weighted by molar-refractivity contribution is 5.81. The fourth-order valence-electron chi connectivity index (χ4n) is 4.01. The van der Waals surface area contributed by atoms with Crippen LogP contribution in [-0.4, -0.2) is 17.0 Å². The van der Waals surface area contributed by atoms with Crippen LogP contribution in [0.1, 0.15) is 56.7 Å². The van der Waals surface area contributed by atoms with Gasteiger partial charge in [0.15, 0.2) is 0 Å². The Morgan fingerprint density at radius 1 is 1.18 bits per heavy atom. The van der Waals surface area contributed by atoms with Gasteiger partial charge >= 0.3 is 5.97 Å². The Balaban J connectivity index is 1.70. The van der Waals surface area contributed by atoms with Gasteiger partial charge in [0.25, 0.3) is 0 Å². The zero-order valence-electron chi connectivity index (χ0n) is 13.1. The molecule has 2 N–H and O–H groups in total. The maximum absolute atomic E-state index is 12.5. The third-order valence-electron chi connectivity index (χ3n) is 5.25. The number of carbonyl (C=O) groups excluding carboxylic acids is 1. The van der Waals surface area contributed by atoms with E-state index in [2.05, 4.69) is 31.3 Å². The zero-order chi connectivity index (χ0) is 15.9. The lowest BCUT2D eigenvalue weighted by Crippen LogP contribution is -2.33. The van der Waals surface area contributed by atoms with Crippen LogP contribution in [-0.2, 0) is 15.0 Å². The van der Waals surface area contributed by atoms with Crippen LogP contribution in [0.4, 0.5) is 0 Å². The Morgan fingerprint density at radius 2 is 1.86 bits per heavy atom. The first kappa shape index (κ1) is 15.1. The molecular weight excluding hydrogens is 278 g/mol. The SMILES string of the molecule is CC1(C)CC(NC(=O)[C@@H]2CC[C@H](C(=O)O)C2)c2ccccc21. The van der Waals surface area contributed by atoms with Crippen molar-refractivity contribution in [1.29, 1.82) is 0 Å². The van der Waals surface area contributed by atoms with Gasteiger partial charge in [-0.2, -0.15) is 0 Å². The van der Waals surface area contributed by atoms with Gasteiger partial charge in [-0.3, -0.25) is 9.59 Å². The van der Waals surface area contributed by atoms with Gasteiger partial charge in [-0.1, -0.05) is 38.1 Å². The van der Waals surface area contributed by atoms with Gasteiger partial charge in [0, 0.05) is 5.92 Å². The van der Waals surface area contributed by atoms with Gasteiger partial charge in [-0.25, -0.2) is 0 Å². The molecule has 3 atom stereocenters. The molecule has 4 nitrogen and oxygen atoms in total. The van der Waals surface area contributed by atoms with Crippen molar-refractivity contribution in [3.8, 4) is 0 Å². The number of benzene rings is 1. The molecule has 1 aromatic carbocycles. The first-order valence-corrected chi connectivity index (χ1v) is 8.01. The smallest absolute Gasteiger partial charge is 0.306 e. The van der Waals surface area contributed by atoms with E-state index in [0.717, 1.165) is 6.42 Å². The molecule has 1 amide bonds. The van der Waals surface area contributed by atoms with E-state index in [0.29, 0.717) is 19.3 Å². The second-order valence-corrected chi connectivity index (χ2v) is 7.28. The molecule has 3 rings (SSSR count). The van der Waals surface area contributed by atoms with E-state index in [1.54, 1.807) is 0 Å². The predicted octanol–water partition coefficient (Wildman–Crippen LogP) is 3.03. The number of aliphatic carboxylic acids is 1. The summed E-state index contributed by atoms with van der Waals surface area (Å²) >= 11 is 0. The second kappa shape index (κ2) is 5.41. The van der Waals surface area contributed by atoms with Gasteiger partial charge in [-0.05, 0) is 42.2 Å². The van der Waals surface area contributed by atoms with E-state index >= 15 is 0 Å². The van der Waals surface area contributed by atoms with Crippen LogP contribution in [0.15, 0.2) is 24.3 Å². The van der Waals surface area contributed by atoms with Crippen molar-refractivity contribution in [3.05, 3.63) is 35.4 Å². The summed E-state index contributed by atoms with van der Waals surface area (Å²) in [5.41, 5.74) is 2.57. The van der Waals surface area contributed by atoms with Crippen LogP contribution in [0.25, 0.3) is 0 Å². The summed E-state index contributed by atoms with van der Waals surface area (Å²) in [6, 6.07) is 8.32. The second-order valence-electron chi connectivity index (χ2n) is 7.28. The van der Waals surface area contributed by atoms with E-state index in [1.165, 1.54) is 11.1 Å². The molecule has 0 aliphatic heterocycles. The number of hydrogen-bond acceptors (Lipinski definition) is 2. The Morgan fingerprint density at radius 3 is 2.55 bits per heavy atom. The molecule has 1 unspecified atom stereocenters. The Bertz CT molecular complexity index is 608. The first-order valence-electron chi connectivity index (χ1n) is 8.01. The molecule has 1 fully saturated rings. The molecule has 4 heteroatoms. The number of fused-ring (bicyclic) bond motifs is 1. The molecule has 2 aliphatic carbocycles. The topological polar surface area (TPSA) is 66.4 Å². The molecule has 0 heterocycles. The van der Waals surface area contributed by atoms with Gasteiger partial charge in [0.05, 0.1) is 12.0 Å². The normalized spacial score (nSPS) is 29.1. The largest absolute Gasteiger partial charge is 0.481 e. The summed E-state index contributed by atoms with van der Waals surface area (Å²) in [6.45, 7) is 4.40. The average molecular weight is 301 g/mol. The molecule has 0 radical (unpaired) electrons. The molecule has 2 aliphatic rings. The minimum atomic E-state index is -0.775. The van der Waals surface area contributed by atoms with Gasteiger partial charge in [-0.15, -0.1) is 0 Å². The van der Waals surface area contributed by atoms with Crippen molar-refractivity contribution in [2.24, 2.45) is 11.8 Å². The van der Waals surface area contributed by atoms with Crippen molar-refractivity contribution in [2.75, 3.05) is 0 Å². The Labute approximate surface area is 130 Å². The number of hydrogen-bond donors (Lipinski definition) is 2. The van der Waals surface area contributed by atoms with Crippen LogP contribution < -0.4 is 5.32 Å². The molecule has 118 valence electrons. The summed E-state index contributed by atoms with van der Waals surface area (Å²) in [5.74, 6) is -1.27. The highest BCUT2D eigenvalue weighted by Gasteiger charge is 2.39. The lowest BCUT2D eigenvalue weighted by molar-refractivity contribution is -0.141. The minimum absolute atomic E-state index is 0.0150. The van der Waals surface area contributed by atoms with Gasteiger partial charge < -0.3 is 10.4 Å². The summed E-state index contributed by atoms with van der Waals surface area (Å²) < 4.78 is 0. The number of rotatable bonds is 3. The standard InChI is InChI=1S/C18H23NO3/c1-18(2)10-15(13-5-3-4-6-14(13)18)19-16(20)11-7-8-12(9-11)17(21)22/h3-6,11-12,15H,7-10H2,1-2H3,(H,19,20)(H,21,22)/t11-,12+,15?/m1/s1. The van der Waals surface area contributed by atoms with Crippen LogP contribution in [0.2, 0.25) is 0 Å². The quantitative estimate of drug-likeness (QED) is 0.902. The monoisotopic (exact) mass is 301 g/mol. The van der Waals surface area contributed by atoms with E-state index in [-0.39, 0.29) is 29.2 Å². The first-order chi connectivity index (χ1) is 10.4. The van der Waals surface area contributed by atoms with E-state index in [9.17, 15) is 9.59 Å². The molecule has 0 spiro atoms. The van der Waals surface area contributed by atoms with Crippen LogP contribution in [0.3, 0.4) is 0 Å². The molecule has 0 aromatic heterocycles.